The predicted octanol–water partition coefficient (Wildman–Crippen LogP) is 5.39. The fraction of sp³-hybridized carbons (Fsp3) is 0.0909. The first-order valence-electron chi connectivity index (χ1n) is 8.87. The van der Waals surface area contributed by atoms with Crippen molar-refractivity contribution in [3.05, 3.63) is 78.5 Å². The van der Waals surface area contributed by atoms with Crippen molar-refractivity contribution >= 4 is 20.9 Å². The second-order valence-electron chi connectivity index (χ2n) is 6.78. The van der Waals surface area contributed by atoms with E-state index in [2.05, 4.69) is 9.97 Å². The van der Waals surface area contributed by atoms with Crippen LogP contribution < -0.4 is 0 Å². The molecule has 1 aromatic heterocycles. The molecular weight excluding hydrogens is 413 g/mol. The maximum Gasteiger partial charge on any atom is 0.418 e. The topological polar surface area (TPSA) is 59.9 Å². The molecule has 3 aromatic carbocycles. The van der Waals surface area contributed by atoms with Crippen LogP contribution in [-0.4, -0.2) is 24.6 Å². The Morgan fingerprint density at radius 3 is 2.27 bits per heavy atom. The third-order valence-corrected chi connectivity index (χ3v) is 5.78. The van der Waals surface area contributed by atoms with Crippen LogP contribution in [0.15, 0.2) is 77.8 Å². The molecule has 0 N–H and O–H groups in total. The minimum absolute atomic E-state index is 0.0790. The Balaban J connectivity index is 1.88. The summed E-state index contributed by atoms with van der Waals surface area (Å²) in [7, 11) is -3.58. The molecule has 0 aliphatic heterocycles. The van der Waals surface area contributed by atoms with Crippen molar-refractivity contribution in [1.29, 1.82) is 0 Å². The number of nitrogens with zero attached hydrogens (tertiary/aromatic N) is 2. The van der Waals surface area contributed by atoms with Crippen LogP contribution in [-0.2, 0) is 16.0 Å². The first-order valence-corrected chi connectivity index (χ1v) is 10.8. The quantitative estimate of drug-likeness (QED) is 0.439. The van der Waals surface area contributed by atoms with Crippen molar-refractivity contribution in [2.45, 2.75) is 11.1 Å². The van der Waals surface area contributed by atoms with Crippen molar-refractivity contribution in [3.63, 3.8) is 0 Å². The van der Waals surface area contributed by atoms with Gasteiger partial charge in [0.2, 0.25) is 0 Å². The summed E-state index contributed by atoms with van der Waals surface area (Å²) in [5.74, 6) is 0. The van der Waals surface area contributed by atoms with Crippen LogP contribution in [0.1, 0.15) is 5.56 Å². The van der Waals surface area contributed by atoms with Gasteiger partial charge in [-0.25, -0.2) is 13.4 Å². The zero-order chi connectivity index (χ0) is 21.5. The van der Waals surface area contributed by atoms with Gasteiger partial charge in [-0.15, -0.1) is 0 Å². The number of benzene rings is 3. The molecule has 4 rings (SSSR count). The van der Waals surface area contributed by atoms with E-state index in [0.29, 0.717) is 11.1 Å². The van der Waals surface area contributed by atoms with E-state index in [0.717, 1.165) is 17.9 Å². The minimum atomic E-state index is -4.55. The van der Waals surface area contributed by atoms with Gasteiger partial charge in [-0.3, -0.25) is 4.98 Å². The number of para-hydroxylation sites is 1. The Hall–Kier alpha value is -3.26. The number of alkyl halides is 3. The SMILES string of the molecule is CS(=O)(=O)c1cc(-c2cnc3c(C(F)(F)F)cccc3n2)ccc1-c1ccccc1. The third-order valence-electron chi connectivity index (χ3n) is 4.64. The summed E-state index contributed by atoms with van der Waals surface area (Å²) in [6.07, 6.45) is -2.21. The standard InChI is InChI=1S/C22H15F3N2O2S/c1-30(28,29)20-12-15(10-11-16(20)14-6-3-2-4-7-14)19-13-26-21-17(22(23,24)25)8-5-9-18(21)27-19/h2-13H,1H3. The average Bonchev–Trinajstić information content (AvgIpc) is 2.72. The highest BCUT2D eigenvalue weighted by atomic mass is 32.2. The molecule has 152 valence electrons. The zero-order valence-electron chi connectivity index (χ0n) is 15.7. The first kappa shape index (κ1) is 20.0. The maximum absolute atomic E-state index is 13.2. The van der Waals surface area contributed by atoms with Gasteiger partial charge in [0, 0.05) is 17.4 Å². The number of fused-ring (bicyclic) bond motifs is 1. The van der Waals surface area contributed by atoms with Crippen LogP contribution >= 0.6 is 0 Å². The van der Waals surface area contributed by atoms with E-state index in [9.17, 15) is 21.6 Å². The third kappa shape index (κ3) is 3.78. The fourth-order valence-corrected chi connectivity index (χ4v) is 4.18. The molecule has 0 atom stereocenters. The van der Waals surface area contributed by atoms with Crippen LogP contribution in [0.3, 0.4) is 0 Å². The van der Waals surface area contributed by atoms with Gasteiger partial charge in [0.1, 0.15) is 5.52 Å². The van der Waals surface area contributed by atoms with Gasteiger partial charge in [-0.2, -0.15) is 13.2 Å². The summed E-state index contributed by atoms with van der Waals surface area (Å²) >= 11 is 0. The van der Waals surface area contributed by atoms with Crippen LogP contribution in [0.5, 0.6) is 0 Å². The molecule has 0 aliphatic carbocycles. The average molecular weight is 428 g/mol. The lowest BCUT2D eigenvalue weighted by Gasteiger charge is -2.12. The highest BCUT2D eigenvalue weighted by Gasteiger charge is 2.33. The van der Waals surface area contributed by atoms with Crippen molar-refractivity contribution in [1.82, 2.24) is 9.97 Å². The van der Waals surface area contributed by atoms with Crippen LogP contribution in [0.4, 0.5) is 13.2 Å². The molecule has 0 unspecified atom stereocenters. The predicted molar refractivity (Wildman–Crippen MR) is 109 cm³/mol. The molecule has 1 heterocycles. The van der Waals surface area contributed by atoms with Crippen LogP contribution in [0, 0.1) is 0 Å². The van der Waals surface area contributed by atoms with Gasteiger partial charge in [0.05, 0.1) is 27.9 Å². The molecule has 0 saturated heterocycles. The number of halogens is 3. The fourth-order valence-electron chi connectivity index (χ4n) is 3.25. The van der Waals surface area contributed by atoms with Gasteiger partial charge in [0.25, 0.3) is 0 Å². The number of hydrogen-bond acceptors (Lipinski definition) is 4. The Morgan fingerprint density at radius 1 is 0.867 bits per heavy atom. The van der Waals surface area contributed by atoms with Crippen molar-refractivity contribution in [3.8, 4) is 22.4 Å². The molecule has 0 bridgehead atoms. The summed E-state index contributed by atoms with van der Waals surface area (Å²) < 4.78 is 64.4. The van der Waals surface area contributed by atoms with Gasteiger partial charge in [0.15, 0.2) is 9.84 Å². The van der Waals surface area contributed by atoms with E-state index in [-0.39, 0.29) is 21.6 Å². The Morgan fingerprint density at radius 2 is 1.60 bits per heavy atom. The summed E-state index contributed by atoms with van der Waals surface area (Å²) in [6, 6.07) is 17.5. The lowest BCUT2D eigenvalue weighted by Crippen LogP contribution is -2.07. The molecule has 4 aromatic rings. The van der Waals surface area contributed by atoms with Gasteiger partial charge in [-0.05, 0) is 23.8 Å². The lowest BCUT2D eigenvalue weighted by molar-refractivity contribution is -0.136. The summed E-state index contributed by atoms with van der Waals surface area (Å²) in [4.78, 5) is 8.36. The number of sulfone groups is 1. The molecule has 0 saturated carbocycles. The number of hydrogen-bond donors (Lipinski definition) is 0. The summed E-state index contributed by atoms with van der Waals surface area (Å²) in [5.41, 5.74) is 0.968. The van der Waals surface area contributed by atoms with E-state index in [4.69, 9.17) is 0 Å². The van der Waals surface area contributed by atoms with Gasteiger partial charge in [-0.1, -0.05) is 48.5 Å². The molecule has 0 fully saturated rings. The van der Waals surface area contributed by atoms with E-state index in [1.54, 1.807) is 24.3 Å². The van der Waals surface area contributed by atoms with Crippen LogP contribution in [0.25, 0.3) is 33.4 Å². The summed E-state index contributed by atoms with van der Waals surface area (Å²) in [5, 5.41) is 0. The first-order chi connectivity index (χ1) is 14.1. The molecule has 30 heavy (non-hydrogen) atoms. The van der Waals surface area contributed by atoms with E-state index < -0.39 is 21.6 Å². The molecule has 0 spiro atoms. The van der Waals surface area contributed by atoms with Crippen LogP contribution in [0.2, 0.25) is 0 Å². The zero-order valence-corrected chi connectivity index (χ0v) is 16.5. The Bertz CT molecular complexity index is 1350. The monoisotopic (exact) mass is 428 g/mol. The Labute approximate surface area is 171 Å². The normalized spacial score (nSPS) is 12.3. The van der Waals surface area contributed by atoms with Crippen molar-refractivity contribution in [2.24, 2.45) is 0 Å². The highest BCUT2D eigenvalue weighted by Crippen LogP contribution is 2.35. The minimum Gasteiger partial charge on any atom is -0.252 e. The highest BCUT2D eigenvalue weighted by molar-refractivity contribution is 7.90. The Kier molecular flexibility index (Phi) is 4.82. The van der Waals surface area contributed by atoms with E-state index in [1.807, 2.05) is 18.2 Å². The number of aromatic nitrogens is 2. The summed E-state index contributed by atoms with van der Waals surface area (Å²) in [6.45, 7) is 0. The van der Waals surface area contributed by atoms with Crippen molar-refractivity contribution in [2.75, 3.05) is 6.26 Å². The second kappa shape index (κ2) is 7.21. The molecule has 0 amide bonds. The maximum atomic E-state index is 13.2. The van der Waals surface area contributed by atoms with Gasteiger partial charge < -0.3 is 0 Å². The molecule has 8 heteroatoms. The smallest absolute Gasteiger partial charge is 0.252 e. The second-order valence-corrected chi connectivity index (χ2v) is 8.76. The van der Waals surface area contributed by atoms with Gasteiger partial charge >= 0.3 is 6.18 Å². The molecular formula is C22H15F3N2O2S. The molecule has 0 aliphatic rings. The number of rotatable bonds is 3. The molecule has 0 radical (unpaired) electrons. The van der Waals surface area contributed by atoms with E-state index in [1.165, 1.54) is 24.4 Å². The largest absolute Gasteiger partial charge is 0.418 e. The van der Waals surface area contributed by atoms with Crippen molar-refractivity contribution < 1.29 is 21.6 Å². The lowest BCUT2D eigenvalue weighted by atomic mass is 10.0. The van der Waals surface area contributed by atoms with E-state index >= 15 is 0 Å². The molecule has 4 nitrogen and oxygen atoms in total.